The van der Waals surface area contributed by atoms with E-state index in [-0.39, 0.29) is 11.6 Å². The highest BCUT2D eigenvalue weighted by Crippen LogP contribution is 2.23. The summed E-state index contributed by atoms with van der Waals surface area (Å²) in [5.41, 5.74) is 1.36. The molecule has 1 amide bonds. The van der Waals surface area contributed by atoms with Crippen LogP contribution < -0.4 is 5.32 Å². The highest BCUT2D eigenvalue weighted by molar-refractivity contribution is 6.31. The van der Waals surface area contributed by atoms with Crippen LogP contribution >= 0.6 is 11.6 Å². The van der Waals surface area contributed by atoms with E-state index in [2.05, 4.69) is 10.3 Å². The van der Waals surface area contributed by atoms with Crippen LogP contribution in [0.5, 0.6) is 0 Å². The third-order valence-electron chi connectivity index (χ3n) is 3.01. The molecule has 0 atom stereocenters. The summed E-state index contributed by atoms with van der Waals surface area (Å²) in [7, 11) is 0. The van der Waals surface area contributed by atoms with Crippen molar-refractivity contribution in [1.29, 1.82) is 0 Å². The lowest BCUT2D eigenvalue weighted by molar-refractivity contribution is 0.102. The summed E-state index contributed by atoms with van der Waals surface area (Å²) in [5, 5.41) is 3.88. The molecule has 0 unspecified atom stereocenters. The summed E-state index contributed by atoms with van der Waals surface area (Å²) < 4.78 is 13.5. The van der Waals surface area contributed by atoms with Gasteiger partial charge in [-0.3, -0.25) is 4.79 Å². The van der Waals surface area contributed by atoms with E-state index < -0.39 is 5.82 Å². The lowest BCUT2D eigenvalue weighted by Gasteiger charge is -2.05. The van der Waals surface area contributed by atoms with Gasteiger partial charge in [-0.1, -0.05) is 29.8 Å². The van der Waals surface area contributed by atoms with Crippen LogP contribution in [0.15, 0.2) is 48.7 Å². The summed E-state index contributed by atoms with van der Waals surface area (Å²) in [6.45, 7) is 0. The van der Waals surface area contributed by atoms with Crippen molar-refractivity contribution >= 4 is 34.1 Å². The molecule has 0 aliphatic carbocycles. The van der Waals surface area contributed by atoms with Gasteiger partial charge in [0, 0.05) is 22.1 Å². The topological polar surface area (TPSA) is 44.9 Å². The van der Waals surface area contributed by atoms with Gasteiger partial charge < -0.3 is 10.3 Å². The van der Waals surface area contributed by atoms with Crippen molar-refractivity contribution in [1.82, 2.24) is 4.98 Å². The number of para-hydroxylation sites is 1. The highest BCUT2D eigenvalue weighted by Gasteiger charge is 2.13. The number of aromatic nitrogens is 1. The molecule has 1 heterocycles. The number of amides is 1. The summed E-state index contributed by atoms with van der Waals surface area (Å²) in [6.07, 6.45) is 1.58. The van der Waals surface area contributed by atoms with Gasteiger partial charge in [-0.2, -0.15) is 0 Å². The van der Waals surface area contributed by atoms with Crippen LogP contribution in [0, 0.1) is 5.82 Å². The Hall–Kier alpha value is -2.33. The van der Waals surface area contributed by atoms with Gasteiger partial charge in [-0.25, -0.2) is 4.39 Å². The number of hydrogen-bond acceptors (Lipinski definition) is 1. The smallest absolute Gasteiger partial charge is 0.257 e. The second-order valence-electron chi connectivity index (χ2n) is 4.33. The molecule has 100 valence electrons. The number of rotatable bonds is 2. The van der Waals surface area contributed by atoms with Gasteiger partial charge in [0.1, 0.15) is 5.82 Å². The Morgan fingerprint density at radius 1 is 1.20 bits per heavy atom. The van der Waals surface area contributed by atoms with E-state index >= 15 is 0 Å². The first-order valence-corrected chi connectivity index (χ1v) is 6.35. The summed E-state index contributed by atoms with van der Waals surface area (Å²) in [6, 6.07) is 11.2. The van der Waals surface area contributed by atoms with Gasteiger partial charge in [0.05, 0.1) is 11.3 Å². The van der Waals surface area contributed by atoms with E-state index in [0.29, 0.717) is 10.6 Å². The molecule has 0 spiro atoms. The number of anilines is 1. The van der Waals surface area contributed by atoms with Crippen LogP contribution in [0.1, 0.15) is 10.4 Å². The van der Waals surface area contributed by atoms with Crippen LogP contribution in [-0.2, 0) is 0 Å². The Labute approximate surface area is 119 Å². The second-order valence-corrected chi connectivity index (χ2v) is 4.76. The number of benzene rings is 2. The normalized spacial score (nSPS) is 10.7. The fourth-order valence-electron chi connectivity index (χ4n) is 2.04. The van der Waals surface area contributed by atoms with Crippen LogP contribution in [0.4, 0.5) is 10.1 Å². The first kappa shape index (κ1) is 12.7. The maximum absolute atomic E-state index is 13.5. The maximum atomic E-state index is 13.5. The lowest BCUT2D eigenvalue weighted by Crippen LogP contribution is -2.12. The van der Waals surface area contributed by atoms with E-state index in [0.717, 1.165) is 10.9 Å². The van der Waals surface area contributed by atoms with Crippen molar-refractivity contribution in [3.8, 4) is 0 Å². The van der Waals surface area contributed by atoms with E-state index in [1.54, 1.807) is 36.5 Å². The zero-order valence-corrected chi connectivity index (χ0v) is 11.0. The summed E-state index contributed by atoms with van der Waals surface area (Å²) in [5.74, 6) is -0.840. The quantitative estimate of drug-likeness (QED) is 0.729. The minimum Gasteiger partial charge on any atom is -0.360 e. The third-order valence-corrected chi connectivity index (χ3v) is 3.25. The van der Waals surface area contributed by atoms with Crippen LogP contribution in [0.3, 0.4) is 0 Å². The molecule has 3 rings (SSSR count). The first-order valence-electron chi connectivity index (χ1n) is 5.97. The molecule has 0 saturated heterocycles. The van der Waals surface area contributed by atoms with Crippen molar-refractivity contribution in [2.75, 3.05) is 5.32 Å². The molecule has 5 heteroatoms. The molecular formula is C15H10ClFN2O. The van der Waals surface area contributed by atoms with Gasteiger partial charge >= 0.3 is 0 Å². The first-order chi connectivity index (χ1) is 9.65. The van der Waals surface area contributed by atoms with Crippen molar-refractivity contribution in [2.45, 2.75) is 0 Å². The number of fused-ring (bicyclic) bond motifs is 1. The minimum atomic E-state index is -0.469. The highest BCUT2D eigenvalue weighted by atomic mass is 35.5. The Kier molecular flexibility index (Phi) is 3.16. The second kappa shape index (κ2) is 4.98. The lowest BCUT2D eigenvalue weighted by atomic mass is 10.1. The third kappa shape index (κ3) is 2.26. The zero-order valence-electron chi connectivity index (χ0n) is 10.3. The summed E-state index contributed by atoms with van der Waals surface area (Å²) in [4.78, 5) is 15.2. The van der Waals surface area contributed by atoms with Crippen LogP contribution in [0.2, 0.25) is 5.02 Å². The molecule has 0 fully saturated rings. The predicted octanol–water partition coefficient (Wildman–Crippen LogP) is 4.21. The molecule has 2 aromatic carbocycles. The molecule has 0 aliphatic rings. The number of hydrogen-bond donors (Lipinski definition) is 2. The molecule has 0 bridgehead atoms. The fourth-order valence-corrected chi connectivity index (χ4v) is 2.21. The standard InChI is InChI=1S/C15H10ClFN2O/c16-9-5-6-10-11(8-18-14(10)7-9)15(20)19-13-4-2-1-3-12(13)17/h1-8,18H,(H,19,20). The monoisotopic (exact) mass is 288 g/mol. The van der Waals surface area contributed by atoms with Gasteiger partial charge in [0.15, 0.2) is 0 Å². The Morgan fingerprint density at radius 2 is 2.00 bits per heavy atom. The van der Waals surface area contributed by atoms with E-state index in [9.17, 15) is 9.18 Å². The minimum absolute atomic E-state index is 0.154. The SMILES string of the molecule is O=C(Nc1ccccc1F)c1c[nH]c2cc(Cl)ccc12. The van der Waals surface area contributed by atoms with Gasteiger partial charge in [-0.05, 0) is 24.3 Å². The molecule has 20 heavy (non-hydrogen) atoms. The van der Waals surface area contributed by atoms with Crippen LogP contribution in [0.25, 0.3) is 10.9 Å². The van der Waals surface area contributed by atoms with Crippen LogP contribution in [-0.4, -0.2) is 10.9 Å². The molecule has 1 aromatic heterocycles. The zero-order chi connectivity index (χ0) is 14.1. The number of carbonyl (C=O) groups excluding carboxylic acids is 1. The average Bonchev–Trinajstić information content (AvgIpc) is 2.84. The predicted molar refractivity (Wildman–Crippen MR) is 77.7 cm³/mol. The molecule has 2 N–H and O–H groups in total. The van der Waals surface area contributed by atoms with E-state index in [1.165, 1.54) is 12.1 Å². The Morgan fingerprint density at radius 3 is 2.80 bits per heavy atom. The van der Waals surface area contributed by atoms with Crippen molar-refractivity contribution in [3.05, 3.63) is 65.1 Å². The van der Waals surface area contributed by atoms with E-state index in [4.69, 9.17) is 11.6 Å². The Bertz CT molecular complexity index is 797. The number of aromatic amines is 1. The molecular weight excluding hydrogens is 279 g/mol. The maximum Gasteiger partial charge on any atom is 0.257 e. The van der Waals surface area contributed by atoms with Gasteiger partial charge in [0.25, 0.3) is 5.91 Å². The average molecular weight is 289 g/mol. The van der Waals surface area contributed by atoms with Gasteiger partial charge in [-0.15, -0.1) is 0 Å². The molecule has 0 saturated carbocycles. The van der Waals surface area contributed by atoms with Crippen molar-refractivity contribution < 1.29 is 9.18 Å². The molecule has 0 radical (unpaired) electrons. The molecule has 0 aliphatic heterocycles. The Balaban J connectivity index is 1.95. The van der Waals surface area contributed by atoms with Crippen molar-refractivity contribution in [2.24, 2.45) is 0 Å². The number of H-pyrrole nitrogens is 1. The molecule has 3 aromatic rings. The number of nitrogens with one attached hydrogen (secondary N) is 2. The molecule has 3 nitrogen and oxygen atoms in total. The summed E-state index contributed by atoms with van der Waals surface area (Å²) >= 11 is 5.89. The number of carbonyl (C=O) groups is 1. The van der Waals surface area contributed by atoms with E-state index in [1.807, 2.05) is 0 Å². The van der Waals surface area contributed by atoms with Gasteiger partial charge in [0.2, 0.25) is 0 Å². The largest absolute Gasteiger partial charge is 0.360 e. The number of halogens is 2. The fraction of sp³-hybridized carbons (Fsp3) is 0. The van der Waals surface area contributed by atoms with Crippen molar-refractivity contribution in [3.63, 3.8) is 0 Å².